The molecular weight excluding hydrogens is 207 g/mol. The molecule has 0 spiro atoms. The quantitative estimate of drug-likeness (QED) is 0.726. The van der Waals surface area contributed by atoms with Crippen LogP contribution in [0, 0.1) is 0 Å². The Hall–Kier alpha value is -1.27. The number of aromatic nitrogens is 2. The van der Waals surface area contributed by atoms with Gasteiger partial charge in [0.05, 0.1) is 25.1 Å². The number of aliphatic hydroxyl groups is 1. The zero-order valence-corrected chi connectivity index (χ0v) is 9.51. The van der Waals surface area contributed by atoms with Gasteiger partial charge in [0.25, 0.3) is 0 Å². The predicted molar refractivity (Wildman–Crippen MR) is 60.1 cm³/mol. The highest BCUT2D eigenvalue weighted by Crippen LogP contribution is 2.28. The second kappa shape index (κ2) is 3.95. The molecule has 1 fully saturated rings. The predicted octanol–water partition coefficient (Wildman–Crippen LogP) is -0.0903. The summed E-state index contributed by atoms with van der Waals surface area (Å²) in [5.41, 5.74) is 0.365. The van der Waals surface area contributed by atoms with Crippen molar-refractivity contribution in [3.63, 3.8) is 0 Å². The third-order valence-electron chi connectivity index (χ3n) is 2.58. The van der Waals surface area contributed by atoms with Gasteiger partial charge in [0.2, 0.25) is 0 Å². The monoisotopic (exact) mass is 222 g/mol. The zero-order valence-electron chi connectivity index (χ0n) is 9.51. The third kappa shape index (κ3) is 1.98. The fourth-order valence-electron chi connectivity index (χ4n) is 1.49. The van der Waals surface area contributed by atoms with Gasteiger partial charge in [-0.05, 0) is 13.8 Å². The van der Waals surface area contributed by atoms with Crippen LogP contribution in [0.4, 0.5) is 0 Å². The lowest BCUT2D eigenvalue weighted by molar-refractivity contribution is 0.173. The number of hydrogen-bond donors (Lipinski definition) is 1. The third-order valence-corrected chi connectivity index (χ3v) is 2.58. The van der Waals surface area contributed by atoms with Crippen LogP contribution in [0.5, 0.6) is 0 Å². The molecule has 16 heavy (non-hydrogen) atoms. The summed E-state index contributed by atoms with van der Waals surface area (Å²) in [4.78, 5) is 0. The van der Waals surface area contributed by atoms with Crippen molar-refractivity contribution in [1.82, 2.24) is 9.78 Å². The summed E-state index contributed by atoms with van der Waals surface area (Å²) < 4.78 is 12.9. The Morgan fingerprint density at radius 3 is 2.94 bits per heavy atom. The second-order valence-corrected chi connectivity index (χ2v) is 4.26. The van der Waals surface area contributed by atoms with Crippen LogP contribution >= 0.6 is 0 Å². The van der Waals surface area contributed by atoms with Crippen molar-refractivity contribution in [1.29, 1.82) is 0 Å². The molecule has 1 aromatic rings. The van der Waals surface area contributed by atoms with E-state index in [2.05, 4.69) is 11.7 Å². The summed E-state index contributed by atoms with van der Waals surface area (Å²) >= 11 is 0. The normalized spacial score (nSPS) is 18.9. The van der Waals surface area contributed by atoms with Gasteiger partial charge in [0, 0.05) is 11.7 Å². The van der Waals surface area contributed by atoms with Crippen molar-refractivity contribution < 1.29 is 14.4 Å². The molecule has 0 aliphatic carbocycles. The van der Waals surface area contributed by atoms with Crippen LogP contribution in [-0.4, -0.2) is 34.2 Å². The number of nitrogens with zero attached hydrogens (tertiary/aromatic N) is 2. The largest absolute Gasteiger partial charge is 0.566 e. The summed E-state index contributed by atoms with van der Waals surface area (Å²) in [6.45, 7) is 8.16. The molecule has 0 radical (unpaired) electrons. The minimum absolute atomic E-state index is 0.0612. The maximum absolute atomic E-state index is 8.78. The van der Waals surface area contributed by atoms with Gasteiger partial charge in [0.15, 0.2) is 0 Å². The lowest BCUT2D eigenvalue weighted by Crippen LogP contribution is -2.33. The van der Waals surface area contributed by atoms with Gasteiger partial charge in [-0.3, -0.25) is 4.68 Å². The molecule has 1 aliphatic heterocycles. The van der Waals surface area contributed by atoms with E-state index >= 15 is 0 Å². The smallest absolute Gasteiger partial charge is 0.534 e. The Morgan fingerprint density at radius 1 is 1.62 bits per heavy atom. The molecule has 6 heteroatoms. The summed E-state index contributed by atoms with van der Waals surface area (Å²) in [5, 5.41) is 12.9. The summed E-state index contributed by atoms with van der Waals surface area (Å²) in [6.07, 6.45) is 3.48. The van der Waals surface area contributed by atoms with Gasteiger partial charge >= 0.3 is 7.12 Å². The van der Waals surface area contributed by atoms with Gasteiger partial charge in [-0.25, -0.2) is 0 Å². The van der Waals surface area contributed by atoms with E-state index < -0.39 is 12.7 Å². The maximum Gasteiger partial charge on any atom is 0.566 e. The van der Waals surface area contributed by atoms with E-state index in [1.54, 1.807) is 17.1 Å². The first-order valence-electron chi connectivity index (χ1n) is 5.20. The molecule has 5 nitrogen and oxygen atoms in total. The lowest BCUT2D eigenvalue weighted by Gasteiger charge is -2.15. The molecule has 0 saturated carbocycles. The summed E-state index contributed by atoms with van der Waals surface area (Å²) in [5.74, 6) is 0.618. The van der Waals surface area contributed by atoms with Gasteiger partial charge in [-0.1, -0.05) is 6.58 Å². The minimum atomic E-state index is -0.469. The fraction of sp³-hybridized carbons (Fsp3) is 0.500. The standard InChI is InChI=1S/C10H15BN2O3/c1-8-10(2,3)16-11(15-8)9-6-12-13(7-9)4-5-14/h6-7,14H,1,4-5H2,2-3H3. The van der Waals surface area contributed by atoms with Crippen molar-refractivity contribution in [3.8, 4) is 0 Å². The Balaban J connectivity index is 2.11. The first-order valence-corrected chi connectivity index (χ1v) is 5.20. The Labute approximate surface area is 94.8 Å². The van der Waals surface area contributed by atoms with Crippen LogP contribution in [0.2, 0.25) is 0 Å². The molecule has 0 aromatic carbocycles. The highest BCUT2D eigenvalue weighted by molar-refractivity contribution is 6.62. The molecule has 1 N–H and O–H groups in total. The van der Waals surface area contributed by atoms with Gasteiger partial charge in [0.1, 0.15) is 5.60 Å². The van der Waals surface area contributed by atoms with E-state index in [4.69, 9.17) is 14.4 Å². The molecule has 2 heterocycles. The average Bonchev–Trinajstić information content (AvgIpc) is 2.74. The first-order chi connectivity index (χ1) is 7.53. The van der Waals surface area contributed by atoms with Crippen LogP contribution < -0.4 is 5.46 Å². The molecule has 1 aromatic heterocycles. The molecule has 0 bridgehead atoms. The van der Waals surface area contributed by atoms with Gasteiger partial charge in [-0.2, -0.15) is 5.10 Å². The molecule has 86 valence electrons. The van der Waals surface area contributed by atoms with Crippen LogP contribution in [0.1, 0.15) is 13.8 Å². The zero-order chi connectivity index (χ0) is 11.8. The Kier molecular flexibility index (Phi) is 2.77. The van der Waals surface area contributed by atoms with Crippen LogP contribution in [-0.2, 0) is 15.9 Å². The molecule has 0 unspecified atom stereocenters. The number of aliphatic hydroxyl groups excluding tert-OH is 1. The molecule has 1 aliphatic rings. The number of hydrogen-bond acceptors (Lipinski definition) is 4. The van der Waals surface area contributed by atoms with E-state index in [1.807, 2.05) is 13.8 Å². The van der Waals surface area contributed by atoms with Crippen molar-refractivity contribution in [2.45, 2.75) is 26.0 Å². The van der Waals surface area contributed by atoms with Crippen LogP contribution in [0.15, 0.2) is 24.7 Å². The van der Waals surface area contributed by atoms with Crippen molar-refractivity contribution >= 4 is 12.6 Å². The summed E-state index contributed by atoms with van der Waals surface area (Å²) in [6, 6.07) is 0. The second-order valence-electron chi connectivity index (χ2n) is 4.26. The van der Waals surface area contributed by atoms with Gasteiger partial charge < -0.3 is 14.4 Å². The van der Waals surface area contributed by atoms with Crippen LogP contribution in [0.3, 0.4) is 0 Å². The fourth-order valence-corrected chi connectivity index (χ4v) is 1.49. The van der Waals surface area contributed by atoms with Crippen molar-refractivity contribution in [3.05, 3.63) is 24.7 Å². The molecule has 0 amide bonds. The summed E-state index contributed by atoms with van der Waals surface area (Å²) in [7, 11) is -0.449. The molecule has 1 saturated heterocycles. The van der Waals surface area contributed by atoms with Crippen LogP contribution in [0.25, 0.3) is 0 Å². The molecule has 2 rings (SSSR count). The lowest BCUT2D eigenvalue weighted by atomic mass is 9.82. The Bertz CT molecular complexity index is 403. The van der Waals surface area contributed by atoms with E-state index in [9.17, 15) is 0 Å². The van der Waals surface area contributed by atoms with E-state index in [1.165, 1.54) is 0 Å². The van der Waals surface area contributed by atoms with Gasteiger partial charge in [-0.15, -0.1) is 0 Å². The number of rotatable bonds is 3. The highest BCUT2D eigenvalue weighted by atomic mass is 16.7. The minimum Gasteiger partial charge on any atom is -0.534 e. The van der Waals surface area contributed by atoms with E-state index in [0.717, 1.165) is 5.46 Å². The molecular formula is C10H15BN2O3. The Morgan fingerprint density at radius 2 is 2.38 bits per heavy atom. The van der Waals surface area contributed by atoms with Crippen molar-refractivity contribution in [2.75, 3.05) is 6.61 Å². The topological polar surface area (TPSA) is 56.5 Å². The SMILES string of the molecule is C=C1OB(c2cnn(CCO)c2)OC1(C)C. The maximum atomic E-state index is 8.78. The van der Waals surface area contributed by atoms with E-state index in [0.29, 0.717) is 12.3 Å². The molecule has 0 atom stereocenters. The van der Waals surface area contributed by atoms with Crippen molar-refractivity contribution in [2.24, 2.45) is 0 Å². The first kappa shape index (κ1) is 11.2. The highest BCUT2D eigenvalue weighted by Gasteiger charge is 2.43. The van der Waals surface area contributed by atoms with E-state index in [-0.39, 0.29) is 6.61 Å². The average molecular weight is 222 g/mol.